The number of alkyl halides is 3. The summed E-state index contributed by atoms with van der Waals surface area (Å²) in [6.45, 7) is 0. The number of halogens is 4. The van der Waals surface area contributed by atoms with E-state index in [-0.39, 0.29) is 15.9 Å². The summed E-state index contributed by atoms with van der Waals surface area (Å²) in [5, 5.41) is 5.64. The van der Waals surface area contributed by atoms with E-state index in [2.05, 4.69) is 5.10 Å². The van der Waals surface area contributed by atoms with E-state index in [9.17, 15) is 13.2 Å². The lowest BCUT2D eigenvalue weighted by atomic mass is 10.2. The number of para-hydroxylation sites is 1. The van der Waals surface area contributed by atoms with Gasteiger partial charge in [0.05, 0.1) is 5.02 Å². The normalized spacial score (nSPS) is 12.3. The van der Waals surface area contributed by atoms with Crippen molar-refractivity contribution < 1.29 is 13.2 Å². The zero-order valence-electron chi connectivity index (χ0n) is 6.69. The first-order valence-electron chi connectivity index (χ1n) is 3.70. The van der Waals surface area contributed by atoms with Crippen LogP contribution in [-0.2, 0) is 6.18 Å². The van der Waals surface area contributed by atoms with E-state index in [0.29, 0.717) is 0 Å². The van der Waals surface area contributed by atoms with Crippen LogP contribution in [0.3, 0.4) is 0 Å². The molecule has 0 aliphatic heterocycles. The number of aromatic amines is 1. The van der Waals surface area contributed by atoms with Crippen LogP contribution < -0.4 is 0 Å². The lowest BCUT2D eigenvalue weighted by Gasteiger charge is -2.02. The maximum absolute atomic E-state index is 12.4. The largest absolute Gasteiger partial charge is 0.433 e. The van der Waals surface area contributed by atoms with Crippen molar-refractivity contribution in [2.24, 2.45) is 0 Å². The van der Waals surface area contributed by atoms with E-state index in [1.54, 1.807) is 0 Å². The highest BCUT2D eigenvalue weighted by atomic mass is 35.5. The van der Waals surface area contributed by atoms with Gasteiger partial charge in [-0.1, -0.05) is 23.7 Å². The summed E-state index contributed by atoms with van der Waals surface area (Å²) in [5.74, 6) is 0. The van der Waals surface area contributed by atoms with Crippen LogP contribution in [-0.4, -0.2) is 10.2 Å². The van der Waals surface area contributed by atoms with Crippen LogP contribution in [0, 0.1) is 0 Å². The first kappa shape index (κ1) is 9.33. The van der Waals surface area contributed by atoms with E-state index in [0.717, 1.165) is 0 Å². The molecule has 0 aliphatic rings. The topological polar surface area (TPSA) is 28.7 Å². The number of nitrogens with zero attached hydrogens (tertiary/aromatic N) is 1. The third-order valence-electron chi connectivity index (χ3n) is 1.82. The second-order valence-electron chi connectivity index (χ2n) is 2.73. The summed E-state index contributed by atoms with van der Waals surface area (Å²) in [5.41, 5.74) is -0.725. The van der Waals surface area contributed by atoms with Crippen LogP contribution in [0.4, 0.5) is 13.2 Å². The van der Waals surface area contributed by atoms with Gasteiger partial charge in [0.1, 0.15) is 11.2 Å². The van der Waals surface area contributed by atoms with E-state index < -0.39 is 11.9 Å². The van der Waals surface area contributed by atoms with Crippen LogP contribution in [0.1, 0.15) is 5.69 Å². The smallest absolute Gasteiger partial charge is 0.272 e. The SMILES string of the molecule is FC(F)(F)c1[nH]nc2c(Cl)cccc12. The summed E-state index contributed by atoms with van der Waals surface area (Å²) in [4.78, 5) is 0. The Morgan fingerprint density at radius 1 is 1.29 bits per heavy atom. The van der Waals surface area contributed by atoms with Gasteiger partial charge in [-0.3, -0.25) is 5.10 Å². The Labute approximate surface area is 81.7 Å². The van der Waals surface area contributed by atoms with Crippen molar-refractivity contribution in [3.05, 3.63) is 28.9 Å². The van der Waals surface area contributed by atoms with E-state index in [1.165, 1.54) is 18.2 Å². The molecule has 0 atom stereocenters. The molecule has 0 saturated carbocycles. The molecule has 0 fully saturated rings. The maximum Gasteiger partial charge on any atom is 0.433 e. The molecular weight excluding hydrogens is 217 g/mol. The molecule has 14 heavy (non-hydrogen) atoms. The molecular formula is C8H4ClF3N2. The van der Waals surface area contributed by atoms with Crippen molar-refractivity contribution in [3.8, 4) is 0 Å². The molecule has 2 rings (SSSR count). The molecule has 2 aromatic rings. The summed E-state index contributed by atoms with van der Waals surface area (Å²) in [6.07, 6.45) is -4.43. The number of fused-ring (bicyclic) bond motifs is 1. The maximum atomic E-state index is 12.4. The molecule has 0 aliphatic carbocycles. The predicted octanol–water partition coefficient (Wildman–Crippen LogP) is 3.24. The Balaban J connectivity index is 2.76. The van der Waals surface area contributed by atoms with E-state index in [1.807, 2.05) is 5.10 Å². The molecule has 2 nitrogen and oxygen atoms in total. The number of nitrogens with one attached hydrogen (secondary N) is 1. The molecule has 6 heteroatoms. The summed E-state index contributed by atoms with van der Waals surface area (Å²) >= 11 is 5.67. The molecule has 0 spiro atoms. The van der Waals surface area contributed by atoms with Gasteiger partial charge in [0.15, 0.2) is 0 Å². The van der Waals surface area contributed by atoms with Gasteiger partial charge in [-0.05, 0) is 6.07 Å². The van der Waals surface area contributed by atoms with Gasteiger partial charge in [-0.15, -0.1) is 0 Å². The summed E-state index contributed by atoms with van der Waals surface area (Å²) < 4.78 is 37.1. The predicted molar refractivity (Wildman–Crippen MR) is 46.1 cm³/mol. The highest BCUT2D eigenvalue weighted by Crippen LogP contribution is 2.34. The Morgan fingerprint density at radius 3 is 2.64 bits per heavy atom. The molecule has 0 bridgehead atoms. The highest BCUT2D eigenvalue weighted by molar-refractivity contribution is 6.35. The molecule has 0 unspecified atom stereocenters. The third-order valence-corrected chi connectivity index (χ3v) is 2.12. The minimum Gasteiger partial charge on any atom is -0.272 e. The number of hydrogen-bond donors (Lipinski definition) is 1. The Morgan fingerprint density at radius 2 is 2.00 bits per heavy atom. The van der Waals surface area contributed by atoms with Crippen molar-refractivity contribution in [2.45, 2.75) is 6.18 Å². The fourth-order valence-electron chi connectivity index (χ4n) is 1.22. The average Bonchev–Trinajstić information content (AvgIpc) is 2.47. The fourth-order valence-corrected chi connectivity index (χ4v) is 1.44. The molecule has 0 radical (unpaired) electrons. The van der Waals surface area contributed by atoms with Crippen LogP contribution in [0.5, 0.6) is 0 Å². The van der Waals surface area contributed by atoms with Crippen LogP contribution >= 0.6 is 11.6 Å². The molecule has 0 amide bonds. The monoisotopic (exact) mass is 220 g/mol. The van der Waals surface area contributed by atoms with Gasteiger partial charge in [0, 0.05) is 5.39 Å². The van der Waals surface area contributed by atoms with Crippen molar-refractivity contribution in [1.29, 1.82) is 0 Å². The minimum atomic E-state index is -4.43. The number of hydrogen-bond acceptors (Lipinski definition) is 1. The standard InChI is InChI=1S/C8H4ClF3N2/c9-5-3-1-2-4-6(5)13-14-7(4)8(10,11)12/h1-3H,(H,13,14). The lowest BCUT2D eigenvalue weighted by molar-refractivity contribution is -0.139. The molecule has 74 valence electrons. The molecule has 1 N–H and O–H groups in total. The Hall–Kier alpha value is -1.23. The second kappa shape index (κ2) is 2.88. The van der Waals surface area contributed by atoms with Crippen molar-refractivity contribution in [2.75, 3.05) is 0 Å². The first-order valence-corrected chi connectivity index (χ1v) is 4.08. The number of rotatable bonds is 0. The summed E-state index contributed by atoms with van der Waals surface area (Å²) in [6, 6.07) is 4.27. The lowest BCUT2D eigenvalue weighted by Crippen LogP contribution is -2.05. The van der Waals surface area contributed by atoms with Crippen molar-refractivity contribution in [1.82, 2.24) is 10.2 Å². The Kier molecular flexibility index (Phi) is 1.92. The van der Waals surface area contributed by atoms with Gasteiger partial charge in [-0.2, -0.15) is 18.3 Å². The van der Waals surface area contributed by atoms with Crippen molar-refractivity contribution >= 4 is 22.5 Å². The zero-order valence-corrected chi connectivity index (χ0v) is 7.45. The minimum absolute atomic E-state index is 0.00926. The molecule has 0 saturated heterocycles. The van der Waals surface area contributed by atoms with Gasteiger partial charge in [-0.25, -0.2) is 0 Å². The highest BCUT2D eigenvalue weighted by Gasteiger charge is 2.35. The number of H-pyrrole nitrogens is 1. The van der Waals surface area contributed by atoms with Gasteiger partial charge >= 0.3 is 6.18 Å². The van der Waals surface area contributed by atoms with Crippen molar-refractivity contribution in [3.63, 3.8) is 0 Å². The fraction of sp³-hybridized carbons (Fsp3) is 0.125. The Bertz CT molecular complexity index is 475. The van der Waals surface area contributed by atoms with Gasteiger partial charge in [0.25, 0.3) is 0 Å². The molecule has 1 heterocycles. The van der Waals surface area contributed by atoms with Gasteiger partial charge < -0.3 is 0 Å². The third kappa shape index (κ3) is 1.33. The molecule has 1 aromatic heterocycles. The first-order chi connectivity index (χ1) is 6.50. The molecule has 1 aromatic carbocycles. The number of benzene rings is 1. The van der Waals surface area contributed by atoms with E-state index >= 15 is 0 Å². The van der Waals surface area contributed by atoms with E-state index in [4.69, 9.17) is 11.6 Å². The second-order valence-corrected chi connectivity index (χ2v) is 3.14. The average molecular weight is 221 g/mol. The quantitative estimate of drug-likeness (QED) is 0.726. The number of aromatic nitrogens is 2. The zero-order chi connectivity index (χ0) is 10.3. The van der Waals surface area contributed by atoms with Crippen LogP contribution in [0.2, 0.25) is 5.02 Å². The van der Waals surface area contributed by atoms with Crippen LogP contribution in [0.15, 0.2) is 18.2 Å². The summed E-state index contributed by atoms with van der Waals surface area (Å²) in [7, 11) is 0. The van der Waals surface area contributed by atoms with Crippen LogP contribution in [0.25, 0.3) is 10.9 Å². The van der Waals surface area contributed by atoms with Gasteiger partial charge in [0.2, 0.25) is 0 Å².